The number of likely N-dealkylation sites (N-methyl/N-ethyl adjacent to an activating group) is 1. The molecule has 0 bridgehead atoms. The Bertz CT molecular complexity index is 2360. The Kier molecular flexibility index (Phi) is 16.2. The van der Waals surface area contributed by atoms with Crippen LogP contribution in [0.25, 0.3) is 0 Å². The van der Waals surface area contributed by atoms with Crippen molar-refractivity contribution in [1.29, 1.82) is 0 Å². The van der Waals surface area contributed by atoms with Gasteiger partial charge in [-0.1, -0.05) is 116 Å². The molecule has 3 aromatic rings. The first-order chi connectivity index (χ1) is 32.0. The first-order valence-corrected chi connectivity index (χ1v) is 24.5. The molecule has 6 amide bonds. The molecule has 3 aliphatic rings. The van der Waals surface area contributed by atoms with Crippen LogP contribution in [0.2, 0.25) is 0 Å². The van der Waals surface area contributed by atoms with Gasteiger partial charge in [0.2, 0.25) is 35.4 Å². The van der Waals surface area contributed by atoms with E-state index in [1.807, 2.05) is 85.7 Å². The van der Waals surface area contributed by atoms with Crippen LogP contribution in [0.5, 0.6) is 0 Å². The van der Waals surface area contributed by atoms with Gasteiger partial charge in [-0.15, -0.1) is 0 Å². The Hall–Kier alpha value is -5.63. The van der Waals surface area contributed by atoms with Gasteiger partial charge in [0, 0.05) is 36.9 Å². The first kappa shape index (κ1) is 51.8. The second kappa shape index (κ2) is 21.3. The van der Waals surface area contributed by atoms with Crippen LogP contribution in [0.4, 0.5) is 4.39 Å². The number of rotatable bonds is 14. The van der Waals surface area contributed by atoms with Crippen molar-refractivity contribution >= 4 is 35.4 Å². The van der Waals surface area contributed by atoms with E-state index in [1.165, 1.54) is 16.5 Å². The number of benzene rings is 3. The maximum atomic E-state index is 15.0. The van der Waals surface area contributed by atoms with Crippen LogP contribution in [-0.2, 0) is 48.2 Å². The zero-order chi connectivity index (χ0) is 49.8. The van der Waals surface area contributed by atoms with E-state index in [2.05, 4.69) is 38.7 Å². The second-order valence-corrected chi connectivity index (χ2v) is 21.5. The summed E-state index contributed by atoms with van der Waals surface area (Å²) in [5.74, 6) is -3.14. The van der Waals surface area contributed by atoms with Gasteiger partial charge in [-0.3, -0.25) is 28.8 Å². The van der Waals surface area contributed by atoms with Gasteiger partial charge in [-0.2, -0.15) is 0 Å². The summed E-state index contributed by atoms with van der Waals surface area (Å²) < 4.78 is 14.9. The quantitative estimate of drug-likeness (QED) is 0.122. The number of hydrogen-bond acceptors (Lipinski definition) is 7. The van der Waals surface area contributed by atoms with Gasteiger partial charge < -0.3 is 36.4 Å². The van der Waals surface area contributed by atoms with Crippen LogP contribution >= 0.6 is 0 Å². The molecule has 0 aromatic heterocycles. The number of fused-ring (bicyclic) bond motifs is 2. The Morgan fingerprint density at radius 1 is 0.735 bits per heavy atom. The highest BCUT2D eigenvalue weighted by atomic mass is 19.1. The van der Waals surface area contributed by atoms with E-state index in [0.717, 1.165) is 41.5 Å². The van der Waals surface area contributed by atoms with Crippen molar-refractivity contribution in [1.82, 2.24) is 36.4 Å². The third kappa shape index (κ3) is 11.6. The summed E-state index contributed by atoms with van der Waals surface area (Å²) in [5.41, 5.74) is 3.68. The summed E-state index contributed by atoms with van der Waals surface area (Å²) >= 11 is 0. The average Bonchev–Trinajstić information content (AvgIpc) is 3.76. The number of amides is 6. The largest absolute Gasteiger partial charge is 0.348 e. The van der Waals surface area contributed by atoms with E-state index in [9.17, 15) is 33.2 Å². The Morgan fingerprint density at radius 2 is 1.37 bits per heavy atom. The summed E-state index contributed by atoms with van der Waals surface area (Å²) in [5, 5.41) is 15.2. The van der Waals surface area contributed by atoms with Crippen molar-refractivity contribution in [3.05, 3.63) is 106 Å². The molecule has 2 aliphatic heterocycles. The lowest BCUT2D eigenvalue weighted by atomic mass is 9.83. The summed E-state index contributed by atoms with van der Waals surface area (Å²) in [7, 11) is 1.68. The first-order valence-electron chi connectivity index (χ1n) is 24.5. The van der Waals surface area contributed by atoms with Gasteiger partial charge >= 0.3 is 0 Å². The molecule has 1 aliphatic carbocycles. The van der Waals surface area contributed by atoms with E-state index in [1.54, 1.807) is 44.0 Å². The third-order valence-electron chi connectivity index (χ3n) is 14.4. The Balaban J connectivity index is 1.35. The van der Waals surface area contributed by atoms with E-state index in [-0.39, 0.29) is 61.0 Å². The topological polar surface area (TPSA) is 169 Å². The van der Waals surface area contributed by atoms with E-state index >= 15 is 0 Å². The number of likely N-dealkylation sites (tertiary alicyclic amines) is 1. The molecule has 2 heterocycles. The lowest BCUT2D eigenvalue weighted by Crippen LogP contribution is -2.61. The predicted octanol–water partition coefficient (Wildman–Crippen LogP) is 6.55. The molecule has 2 unspecified atom stereocenters. The monoisotopic (exact) mass is 936 g/mol. The number of carbonyl (C=O) groups is 6. The summed E-state index contributed by atoms with van der Waals surface area (Å²) in [6.07, 6.45) is 3.68. The fourth-order valence-corrected chi connectivity index (χ4v) is 9.78. The Morgan fingerprint density at radius 3 is 2.01 bits per heavy atom. The van der Waals surface area contributed by atoms with Crippen LogP contribution in [0.1, 0.15) is 146 Å². The van der Waals surface area contributed by atoms with Crippen molar-refractivity contribution in [2.24, 2.45) is 16.7 Å². The number of hydrogen-bond donors (Lipinski definition) is 5. The van der Waals surface area contributed by atoms with Crippen LogP contribution in [0.15, 0.2) is 66.7 Å². The predicted molar refractivity (Wildman–Crippen MR) is 261 cm³/mol. The standard InChI is InChI=1S/C54H74FN7O6/c1-12-31(2)47(63)59-45(53(5,6)7)51(67)61-29-37-26-35(24-25-36(37)27-43(61)49(65)57-32(3)39-20-15-16-22-41(39)55)38-28-44(50(66)58-42-23-17-19-34-18-13-14-21-40(34)42)62(30-38)52(68)46(54(8,9)10)60-48(64)33(4)56-11/h13-16,18,20-22,24-26,31-33,38,42-46,56H,12,17,19,23,27-30H2,1-11H3,(H,57,65)(H,58,66)(H,59,63)(H,60,64)/t31-,32-,33+,38?,42?,43+,44+,45-,46-/m1/s1. The smallest absolute Gasteiger partial charge is 0.246 e. The molecule has 1 saturated heterocycles. The SMILES string of the molecule is CC[C@@H](C)C(=O)N[C@H](C(=O)N1Cc2cc(C3C[C@@H](C(=O)NC4CCCc5ccccc54)N(C(=O)[C@@H](NC(=O)[C@H](C)NC)C(C)(C)C)C3)ccc2C[C@H]1C(=O)N[C@H](C)c1ccccc1F)C(C)(C)C. The van der Waals surface area contributed by atoms with Crippen molar-refractivity contribution in [3.63, 3.8) is 0 Å². The molecule has 0 spiro atoms. The third-order valence-corrected chi connectivity index (χ3v) is 14.4. The van der Waals surface area contributed by atoms with E-state index in [4.69, 9.17) is 0 Å². The van der Waals surface area contributed by atoms with Crippen LogP contribution in [0.3, 0.4) is 0 Å². The lowest BCUT2D eigenvalue weighted by molar-refractivity contribution is -0.147. The molecular weight excluding hydrogens is 862 g/mol. The van der Waals surface area contributed by atoms with Gasteiger partial charge in [-0.25, -0.2) is 4.39 Å². The van der Waals surface area contributed by atoms with Crippen LogP contribution in [-0.4, -0.2) is 89.0 Å². The molecule has 68 heavy (non-hydrogen) atoms. The number of nitrogens with zero attached hydrogens (tertiary/aromatic N) is 2. The zero-order valence-corrected chi connectivity index (χ0v) is 41.9. The van der Waals surface area contributed by atoms with Crippen molar-refractivity contribution in [2.75, 3.05) is 13.6 Å². The maximum absolute atomic E-state index is 15.0. The summed E-state index contributed by atoms with van der Waals surface area (Å²) in [4.78, 5) is 88.8. The van der Waals surface area contributed by atoms with E-state index < -0.39 is 64.7 Å². The molecule has 3 aromatic carbocycles. The highest BCUT2D eigenvalue weighted by molar-refractivity contribution is 5.95. The molecule has 368 valence electrons. The maximum Gasteiger partial charge on any atom is 0.246 e. The van der Waals surface area contributed by atoms with Crippen LogP contribution in [0, 0.1) is 22.6 Å². The lowest BCUT2D eigenvalue weighted by Gasteiger charge is -2.41. The highest BCUT2D eigenvalue weighted by Crippen LogP contribution is 2.38. The number of nitrogens with one attached hydrogen (secondary N) is 5. The number of aryl methyl sites for hydroxylation is 1. The minimum atomic E-state index is -0.979. The molecule has 0 saturated carbocycles. The highest BCUT2D eigenvalue weighted by Gasteiger charge is 2.47. The number of halogens is 1. The van der Waals surface area contributed by atoms with Gasteiger partial charge in [0.25, 0.3) is 0 Å². The molecule has 13 nitrogen and oxygen atoms in total. The minimum absolute atomic E-state index is 0.0438. The average molecular weight is 936 g/mol. The normalized spacial score (nSPS) is 21.5. The van der Waals surface area contributed by atoms with Crippen molar-refractivity contribution in [2.45, 2.75) is 163 Å². The molecule has 9 atom stereocenters. The van der Waals surface area contributed by atoms with Gasteiger partial charge in [0.1, 0.15) is 30.0 Å². The molecule has 5 N–H and O–H groups in total. The fourth-order valence-electron chi connectivity index (χ4n) is 9.78. The van der Waals surface area contributed by atoms with Crippen molar-refractivity contribution in [3.8, 4) is 0 Å². The molecule has 0 radical (unpaired) electrons. The van der Waals surface area contributed by atoms with Crippen LogP contribution < -0.4 is 26.6 Å². The fraction of sp³-hybridized carbons (Fsp3) is 0.556. The molecular formula is C54H74FN7O6. The second-order valence-electron chi connectivity index (χ2n) is 21.5. The summed E-state index contributed by atoms with van der Waals surface area (Å²) in [6, 6.07) is 15.1. The number of carbonyl (C=O) groups excluding carboxylic acids is 6. The minimum Gasteiger partial charge on any atom is -0.348 e. The van der Waals surface area contributed by atoms with Gasteiger partial charge in [0.15, 0.2) is 0 Å². The van der Waals surface area contributed by atoms with Crippen molar-refractivity contribution < 1.29 is 33.2 Å². The molecule has 1 fully saturated rings. The Labute approximate surface area is 402 Å². The summed E-state index contributed by atoms with van der Waals surface area (Å²) in [6.45, 7) is 18.7. The van der Waals surface area contributed by atoms with Gasteiger partial charge in [-0.05, 0) is 97.7 Å². The molecule has 14 heteroatoms. The molecule has 6 rings (SSSR count). The van der Waals surface area contributed by atoms with E-state index in [0.29, 0.717) is 18.4 Å². The van der Waals surface area contributed by atoms with Gasteiger partial charge in [0.05, 0.1) is 18.1 Å². The zero-order valence-electron chi connectivity index (χ0n) is 41.9.